The molecule has 0 bridgehead atoms. The molecule has 0 N–H and O–H groups in total. The minimum absolute atomic E-state index is 0.112. The maximum Gasteiger partial charge on any atom is 0.270 e. The quantitative estimate of drug-likeness (QED) is 0.489. The Labute approximate surface area is 168 Å². The zero-order valence-corrected chi connectivity index (χ0v) is 16.3. The Morgan fingerprint density at radius 2 is 1.72 bits per heavy atom. The van der Waals surface area contributed by atoms with Crippen molar-refractivity contribution in [1.82, 2.24) is 19.4 Å². The summed E-state index contributed by atoms with van der Waals surface area (Å²) in [4.78, 5) is 33.4. The number of piperazine rings is 1. The van der Waals surface area contributed by atoms with Crippen molar-refractivity contribution >= 4 is 16.6 Å². The third kappa shape index (κ3) is 3.90. The molecule has 4 rings (SSSR count). The molecule has 0 unspecified atom stereocenters. The molecule has 0 amide bonds. The summed E-state index contributed by atoms with van der Waals surface area (Å²) in [6.45, 7) is 7.56. The number of non-ortho nitro benzene ring substituents is 1. The molecule has 1 aliphatic rings. The van der Waals surface area contributed by atoms with Crippen molar-refractivity contribution in [1.29, 1.82) is 0 Å². The Bertz CT molecular complexity index is 1090. The summed E-state index contributed by atoms with van der Waals surface area (Å²) < 4.78 is 1.58. The lowest BCUT2D eigenvalue weighted by Crippen LogP contribution is -2.46. The summed E-state index contributed by atoms with van der Waals surface area (Å²) in [6, 6.07) is 13.6. The van der Waals surface area contributed by atoms with E-state index < -0.39 is 4.92 Å². The molecule has 1 saturated heterocycles. The van der Waals surface area contributed by atoms with Gasteiger partial charge in [-0.05, 0) is 24.7 Å². The first-order valence-electron chi connectivity index (χ1n) is 9.77. The molecule has 3 aromatic rings. The van der Waals surface area contributed by atoms with E-state index in [4.69, 9.17) is 4.98 Å². The third-order valence-electron chi connectivity index (χ3n) is 5.42. The molecule has 0 saturated carbocycles. The molecule has 150 valence electrons. The fourth-order valence-corrected chi connectivity index (χ4v) is 3.75. The molecule has 0 atom stereocenters. The number of fused-ring (bicyclic) bond motifs is 1. The number of benzene rings is 2. The van der Waals surface area contributed by atoms with Crippen LogP contribution in [0, 0.1) is 10.1 Å². The van der Waals surface area contributed by atoms with Crippen molar-refractivity contribution in [2.45, 2.75) is 13.5 Å². The van der Waals surface area contributed by atoms with Crippen LogP contribution in [0.1, 0.15) is 12.7 Å². The van der Waals surface area contributed by atoms with Gasteiger partial charge in [-0.3, -0.25) is 24.4 Å². The van der Waals surface area contributed by atoms with E-state index in [1.54, 1.807) is 10.6 Å². The third-order valence-corrected chi connectivity index (χ3v) is 5.42. The molecule has 2 aromatic carbocycles. The Hall–Kier alpha value is -3.10. The highest BCUT2D eigenvalue weighted by Crippen LogP contribution is 2.20. The van der Waals surface area contributed by atoms with Gasteiger partial charge in [-0.15, -0.1) is 0 Å². The molecule has 8 nitrogen and oxygen atoms in total. The van der Waals surface area contributed by atoms with Gasteiger partial charge >= 0.3 is 0 Å². The van der Waals surface area contributed by atoms with Crippen molar-refractivity contribution < 1.29 is 4.92 Å². The minimum atomic E-state index is -0.493. The second kappa shape index (κ2) is 8.10. The van der Waals surface area contributed by atoms with Crippen LogP contribution < -0.4 is 5.56 Å². The van der Waals surface area contributed by atoms with E-state index in [-0.39, 0.29) is 16.6 Å². The molecule has 0 aliphatic carbocycles. The van der Waals surface area contributed by atoms with E-state index in [0.29, 0.717) is 23.6 Å². The molecule has 1 aliphatic heterocycles. The highest BCUT2D eigenvalue weighted by Gasteiger charge is 2.20. The van der Waals surface area contributed by atoms with Crippen LogP contribution in [0.5, 0.6) is 0 Å². The van der Waals surface area contributed by atoms with Gasteiger partial charge in [0.05, 0.1) is 28.1 Å². The van der Waals surface area contributed by atoms with E-state index in [0.717, 1.165) is 32.7 Å². The Morgan fingerprint density at radius 1 is 1.03 bits per heavy atom. The number of hydrogen-bond donors (Lipinski definition) is 0. The largest absolute Gasteiger partial charge is 0.301 e. The van der Waals surface area contributed by atoms with Crippen LogP contribution in [0.25, 0.3) is 16.6 Å². The topological polar surface area (TPSA) is 84.5 Å². The van der Waals surface area contributed by atoms with Crippen molar-refractivity contribution in [3.05, 3.63) is 74.8 Å². The molecular weight excluding hydrogens is 370 g/mol. The predicted octanol–water partition coefficient (Wildman–Crippen LogP) is 2.43. The maximum absolute atomic E-state index is 13.3. The summed E-state index contributed by atoms with van der Waals surface area (Å²) >= 11 is 0. The highest BCUT2D eigenvalue weighted by atomic mass is 16.6. The van der Waals surface area contributed by atoms with Gasteiger partial charge in [-0.2, -0.15) is 0 Å². The van der Waals surface area contributed by atoms with Crippen LogP contribution in [-0.4, -0.2) is 57.0 Å². The van der Waals surface area contributed by atoms with Crippen molar-refractivity contribution in [3.8, 4) is 5.69 Å². The molecular formula is C21H23N5O3. The molecule has 0 spiro atoms. The number of para-hydroxylation sites is 1. The molecule has 0 radical (unpaired) electrons. The van der Waals surface area contributed by atoms with E-state index in [1.165, 1.54) is 12.1 Å². The number of nitro groups is 1. The number of likely N-dealkylation sites (N-methyl/N-ethyl adjacent to an activating group) is 1. The van der Waals surface area contributed by atoms with Gasteiger partial charge in [0.2, 0.25) is 0 Å². The first kappa shape index (κ1) is 19.2. The Balaban J connectivity index is 1.81. The fraction of sp³-hybridized carbons (Fsp3) is 0.333. The van der Waals surface area contributed by atoms with Crippen molar-refractivity contribution in [3.63, 3.8) is 0 Å². The van der Waals surface area contributed by atoms with Crippen LogP contribution in [-0.2, 0) is 6.54 Å². The average molecular weight is 393 g/mol. The summed E-state index contributed by atoms with van der Waals surface area (Å²) in [5.74, 6) is 0.646. The van der Waals surface area contributed by atoms with Crippen LogP contribution >= 0.6 is 0 Å². The van der Waals surface area contributed by atoms with E-state index in [1.807, 2.05) is 30.3 Å². The van der Waals surface area contributed by atoms with Crippen LogP contribution in [0.15, 0.2) is 53.3 Å². The number of rotatable bonds is 5. The maximum atomic E-state index is 13.3. The van der Waals surface area contributed by atoms with Gasteiger partial charge in [-0.25, -0.2) is 4.98 Å². The summed E-state index contributed by atoms with van der Waals surface area (Å²) in [6.07, 6.45) is 0. The molecule has 1 fully saturated rings. The molecule has 29 heavy (non-hydrogen) atoms. The van der Waals surface area contributed by atoms with E-state index in [9.17, 15) is 14.9 Å². The van der Waals surface area contributed by atoms with Gasteiger partial charge in [0.15, 0.2) is 0 Å². The lowest BCUT2D eigenvalue weighted by atomic mass is 10.2. The molecule has 8 heteroatoms. The van der Waals surface area contributed by atoms with Gasteiger partial charge in [-0.1, -0.05) is 25.1 Å². The predicted molar refractivity (Wildman–Crippen MR) is 111 cm³/mol. The first-order chi connectivity index (χ1) is 14.1. The normalized spacial score (nSPS) is 15.6. The first-order valence-corrected chi connectivity index (χ1v) is 9.77. The average Bonchev–Trinajstić information content (AvgIpc) is 2.75. The molecule has 1 aromatic heterocycles. The summed E-state index contributed by atoms with van der Waals surface area (Å²) in [5.41, 5.74) is 0.794. The zero-order chi connectivity index (χ0) is 20.4. The van der Waals surface area contributed by atoms with Crippen LogP contribution in [0.2, 0.25) is 0 Å². The second-order valence-corrected chi connectivity index (χ2v) is 7.17. The highest BCUT2D eigenvalue weighted by molar-refractivity contribution is 5.80. The zero-order valence-electron chi connectivity index (χ0n) is 16.3. The standard InChI is InChI=1S/C21H23N5O3/c1-2-23-10-12-24(13-11-23)15-20-22-19-9-8-17(26(28)29)14-18(19)21(27)25(20)16-6-4-3-5-7-16/h3-9,14H,2,10-13,15H2,1H3. The van der Waals surface area contributed by atoms with Gasteiger partial charge < -0.3 is 4.90 Å². The van der Waals surface area contributed by atoms with Crippen molar-refractivity contribution in [2.24, 2.45) is 0 Å². The summed E-state index contributed by atoms with van der Waals surface area (Å²) in [5, 5.41) is 11.4. The van der Waals surface area contributed by atoms with Crippen LogP contribution in [0.4, 0.5) is 5.69 Å². The monoisotopic (exact) mass is 393 g/mol. The Kier molecular flexibility index (Phi) is 5.37. The lowest BCUT2D eigenvalue weighted by molar-refractivity contribution is -0.384. The molecule has 2 heterocycles. The smallest absolute Gasteiger partial charge is 0.270 e. The second-order valence-electron chi connectivity index (χ2n) is 7.17. The fourth-order valence-electron chi connectivity index (χ4n) is 3.75. The number of nitrogens with zero attached hydrogens (tertiary/aromatic N) is 5. The van der Waals surface area contributed by atoms with Gasteiger partial charge in [0.25, 0.3) is 11.2 Å². The number of nitro benzene ring substituents is 1. The van der Waals surface area contributed by atoms with E-state index in [2.05, 4.69) is 16.7 Å². The number of hydrogen-bond acceptors (Lipinski definition) is 6. The van der Waals surface area contributed by atoms with Crippen molar-refractivity contribution in [2.75, 3.05) is 32.7 Å². The van der Waals surface area contributed by atoms with E-state index >= 15 is 0 Å². The van der Waals surface area contributed by atoms with Gasteiger partial charge in [0.1, 0.15) is 5.82 Å². The SMILES string of the molecule is CCN1CCN(Cc2nc3ccc([N+](=O)[O-])cc3c(=O)n2-c2ccccc2)CC1. The lowest BCUT2D eigenvalue weighted by Gasteiger charge is -2.34. The van der Waals surface area contributed by atoms with Gasteiger partial charge in [0, 0.05) is 38.3 Å². The minimum Gasteiger partial charge on any atom is -0.301 e. The summed E-state index contributed by atoms with van der Waals surface area (Å²) in [7, 11) is 0. The van der Waals surface area contributed by atoms with Crippen LogP contribution in [0.3, 0.4) is 0 Å². The number of aromatic nitrogens is 2. The Morgan fingerprint density at radius 3 is 2.38 bits per heavy atom.